The Kier molecular flexibility index (Phi) is 9.37. The normalized spacial score (nSPS) is 19.6. The summed E-state index contributed by atoms with van der Waals surface area (Å²) in [5.41, 5.74) is 23.4. The van der Waals surface area contributed by atoms with Gasteiger partial charge in [0.15, 0.2) is 0 Å². The number of rotatable bonds is 4. The Bertz CT molecular complexity index is 3070. The number of fused-ring (bicyclic) bond motifs is 7. The Morgan fingerprint density at radius 2 is 1.06 bits per heavy atom. The molecule has 1 saturated carbocycles. The third-order valence-electron chi connectivity index (χ3n) is 16.3. The van der Waals surface area contributed by atoms with Gasteiger partial charge < -0.3 is 14.7 Å². The molecule has 7 aromatic carbocycles. The van der Waals surface area contributed by atoms with E-state index in [4.69, 9.17) is 0 Å². The molecule has 1 fully saturated rings. The van der Waals surface area contributed by atoms with E-state index in [0.29, 0.717) is 0 Å². The van der Waals surface area contributed by atoms with Gasteiger partial charge in [-0.3, -0.25) is 0 Å². The fourth-order valence-electron chi connectivity index (χ4n) is 12.4. The molecule has 0 radical (unpaired) electrons. The molecule has 2 unspecified atom stereocenters. The zero-order valence-corrected chi connectivity index (χ0v) is 41.4. The molecule has 0 amide bonds. The molecule has 0 saturated heterocycles. The highest BCUT2D eigenvalue weighted by Gasteiger charge is 2.59. The van der Waals surface area contributed by atoms with Crippen molar-refractivity contribution in [3.63, 3.8) is 0 Å². The van der Waals surface area contributed by atoms with Gasteiger partial charge in [-0.25, -0.2) is 0 Å². The second-order valence-electron chi connectivity index (χ2n) is 23.5. The highest BCUT2D eigenvalue weighted by Crippen LogP contribution is 2.62. The lowest BCUT2D eigenvalue weighted by molar-refractivity contribution is 0.330. The van der Waals surface area contributed by atoms with E-state index >= 15 is 0 Å². The van der Waals surface area contributed by atoms with Crippen LogP contribution in [0.2, 0.25) is 0 Å². The fraction of sp³-hybridized carbons (Fsp3) is 0.323. The van der Waals surface area contributed by atoms with Crippen LogP contribution in [0.1, 0.15) is 123 Å². The predicted octanol–water partition coefficient (Wildman–Crippen LogP) is 15.0. The largest absolute Gasteiger partial charge is 0.334 e. The lowest BCUT2D eigenvalue weighted by Gasteiger charge is -2.46. The lowest BCUT2D eigenvalue weighted by Crippen LogP contribution is -2.61. The average Bonchev–Trinajstić information content (AvgIpc) is 3.68. The molecule has 1 aliphatic carbocycles. The van der Waals surface area contributed by atoms with Crippen molar-refractivity contribution < 1.29 is 0 Å². The highest BCUT2D eigenvalue weighted by molar-refractivity contribution is 7.00. The summed E-state index contributed by atoms with van der Waals surface area (Å²) in [6.07, 6.45) is 3.61. The summed E-state index contributed by atoms with van der Waals surface area (Å²) in [6, 6.07) is 56.8. The Morgan fingerprint density at radius 3 is 1.74 bits per heavy atom. The zero-order valence-electron chi connectivity index (χ0n) is 41.4. The molecule has 332 valence electrons. The number of aryl methyl sites for hydroxylation is 1. The summed E-state index contributed by atoms with van der Waals surface area (Å²) in [5, 5.41) is 0. The van der Waals surface area contributed by atoms with E-state index < -0.39 is 0 Å². The molecule has 66 heavy (non-hydrogen) atoms. The molecule has 0 aromatic heterocycles. The van der Waals surface area contributed by atoms with E-state index in [1.165, 1.54) is 120 Å². The minimum Gasteiger partial charge on any atom is -0.334 e. The Hall–Kier alpha value is -6.00. The first-order valence-corrected chi connectivity index (χ1v) is 24.5. The molecule has 0 bridgehead atoms. The minimum absolute atomic E-state index is 0.00632. The van der Waals surface area contributed by atoms with Gasteiger partial charge in [-0.1, -0.05) is 161 Å². The summed E-state index contributed by atoms with van der Waals surface area (Å²) in [5.74, 6) is 0. The first-order valence-electron chi connectivity index (χ1n) is 24.5. The van der Waals surface area contributed by atoms with Gasteiger partial charge in [-0.15, -0.1) is 0 Å². The third kappa shape index (κ3) is 6.30. The summed E-state index contributed by atoms with van der Waals surface area (Å²) in [4.78, 5) is 7.96. The average molecular weight is 864 g/mol. The fourth-order valence-corrected chi connectivity index (χ4v) is 12.4. The molecule has 4 aliphatic rings. The summed E-state index contributed by atoms with van der Waals surface area (Å²) in [6.45, 7) is 28.3. The molecule has 11 rings (SSSR count). The van der Waals surface area contributed by atoms with Gasteiger partial charge >= 0.3 is 0 Å². The highest BCUT2D eigenvalue weighted by atomic mass is 15.3. The van der Waals surface area contributed by atoms with Crippen LogP contribution >= 0.6 is 0 Å². The third-order valence-corrected chi connectivity index (χ3v) is 16.3. The number of anilines is 8. The summed E-state index contributed by atoms with van der Waals surface area (Å²) >= 11 is 0. The first kappa shape index (κ1) is 42.6. The Morgan fingerprint density at radius 1 is 0.470 bits per heavy atom. The van der Waals surface area contributed by atoms with E-state index in [2.05, 4.69) is 243 Å². The van der Waals surface area contributed by atoms with Gasteiger partial charge in [0.05, 0.1) is 11.2 Å². The standard InChI is InChI=1S/C62H66BN3/c1-40-35-55-57-56(36-40)65(51-31-25-43(59(5,6)7)37-47(51)41-19-14-13-15-20-41)53-32-26-44(60(8,9)10)38-50(53)63(57)49-30-29-46(39-54(49)64(55)45-27-23-42(24-28-45)58(2,3)4)66-52-22-17-16-21-48(52)61(11)33-18-34-62(61,66)12/h13-17,19-32,35-39H,18,33-34H2,1-12H3. The van der Waals surface area contributed by atoms with Gasteiger partial charge in [0.2, 0.25) is 0 Å². The second-order valence-corrected chi connectivity index (χ2v) is 23.5. The van der Waals surface area contributed by atoms with Crippen LogP contribution in [0.3, 0.4) is 0 Å². The topological polar surface area (TPSA) is 9.72 Å². The number of hydrogen-bond acceptors (Lipinski definition) is 3. The first-order chi connectivity index (χ1) is 31.3. The SMILES string of the molecule is Cc1cc2c3c(c1)N(c1ccc(C(C)(C)C)cc1-c1ccccc1)c1ccc(C(C)(C)C)cc1B3c1ccc(N3c4ccccc4C4(C)CCCC34C)cc1N2c1ccc(C(C)(C)C)cc1. The van der Waals surface area contributed by atoms with Crippen molar-refractivity contribution in [1.29, 1.82) is 0 Å². The van der Waals surface area contributed by atoms with Crippen LogP contribution in [-0.4, -0.2) is 12.3 Å². The van der Waals surface area contributed by atoms with Crippen molar-refractivity contribution in [3.05, 3.63) is 173 Å². The molecule has 0 N–H and O–H groups in total. The van der Waals surface area contributed by atoms with Gasteiger partial charge in [0.1, 0.15) is 0 Å². The maximum atomic E-state index is 2.73. The monoisotopic (exact) mass is 864 g/mol. The van der Waals surface area contributed by atoms with Crippen molar-refractivity contribution in [2.24, 2.45) is 0 Å². The second kappa shape index (κ2) is 14.5. The Labute approximate surface area is 395 Å². The predicted molar refractivity (Wildman–Crippen MR) is 285 cm³/mol. The van der Waals surface area contributed by atoms with E-state index in [-0.39, 0.29) is 33.9 Å². The molecule has 4 heteroatoms. The van der Waals surface area contributed by atoms with Crippen molar-refractivity contribution in [2.75, 3.05) is 14.7 Å². The van der Waals surface area contributed by atoms with E-state index in [9.17, 15) is 0 Å². The Balaban J connectivity index is 1.21. The van der Waals surface area contributed by atoms with Crippen molar-refractivity contribution >= 4 is 68.6 Å². The number of hydrogen-bond donors (Lipinski definition) is 0. The number of nitrogens with zero attached hydrogens (tertiary/aromatic N) is 3. The number of para-hydroxylation sites is 1. The number of benzene rings is 7. The van der Waals surface area contributed by atoms with E-state index in [1.54, 1.807) is 0 Å². The molecule has 3 heterocycles. The maximum absolute atomic E-state index is 2.73. The minimum atomic E-state index is -0.0332. The van der Waals surface area contributed by atoms with Crippen molar-refractivity contribution in [1.82, 2.24) is 0 Å². The summed E-state index contributed by atoms with van der Waals surface area (Å²) in [7, 11) is 0. The van der Waals surface area contributed by atoms with Gasteiger partial charge in [0, 0.05) is 50.8 Å². The molecule has 0 spiro atoms. The van der Waals surface area contributed by atoms with Crippen LogP contribution in [0.15, 0.2) is 146 Å². The van der Waals surface area contributed by atoms with Crippen LogP contribution in [-0.2, 0) is 21.7 Å². The maximum Gasteiger partial charge on any atom is 0.252 e. The van der Waals surface area contributed by atoms with Gasteiger partial charge in [-0.2, -0.15) is 0 Å². The van der Waals surface area contributed by atoms with Crippen LogP contribution in [0.25, 0.3) is 11.1 Å². The van der Waals surface area contributed by atoms with E-state index in [1.807, 2.05) is 0 Å². The van der Waals surface area contributed by atoms with Crippen LogP contribution in [0, 0.1) is 6.92 Å². The zero-order chi connectivity index (χ0) is 46.3. The smallest absolute Gasteiger partial charge is 0.252 e. The van der Waals surface area contributed by atoms with Crippen LogP contribution in [0.5, 0.6) is 0 Å². The molecular formula is C62H66BN3. The van der Waals surface area contributed by atoms with Crippen LogP contribution < -0.4 is 31.1 Å². The van der Waals surface area contributed by atoms with Crippen molar-refractivity contribution in [3.8, 4) is 11.1 Å². The molecule has 3 nitrogen and oxygen atoms in total. The van der Waals surface area contributed by atoms with Gasteiger partial charge in [0.25, 0.3) is 6.71 Å². The van der Waals surface area contributed by atoms with Crippen molar-refractivity contribution in [2.45, 2.75) is 130 Å². The summed E-state index contributed by atoms with van der Waals surface area (Å²) < 4.78 is 0. The molecular weight excluding hydrogens is 798 g/mol. The lowest BCUT2D eigenvalue weighted by atomic mass is 9.33. The van der Waals surface area contributed by atoms with Gasteiger partial charge in [-0.05, 0) is 153 Å². The molecule has 3 aliphatic heterocycles. The molecule has 7 aromatic rings. The van der Waals surface area contributed by atoms with Crippen LogP contribution in [0.4, 0.5) is 45.5 Å². The quantitative estimate of drug-likeness (QED) is 0.163. The molecule has 2 atom stereocenters. The van der Waals surface area contributed by atoms with E-state index in [0.717, 1.165) is 0 Å².